The number of ether oxygens (including phenoxy) is 1. The van der Waals surface area contributed by atoms with Gasteiger partial charge in [-0.25, -0.2) is 4.98 Å². The molecule has 21 heavy (non-hydrogen) atoms. The van der Waals surface area contributed by atoms with E-state index in [2.05, 4.69) is 26.3 Å². The number of anilines is 1. The van der Waals surface area contributed by atoms with Crippen LogP contribution in [-0.2, 0) is 13.5 Å². The zero-order chi connectivity index (χ0) is 14.5. The topological polar surface area (TPSA) is 55.2 Å². The predicted molar refractivity (Wildman–Crippen MR) is 81.7 cm³/mol. The molecule has 112 valence electrons. The molecule has 2 aromatic rings. The maximum Gasteiger partial charge on any atom is 0.139 e. The number of hydrogen-bond donors (Lipinski definition) is 1. The Hall–Kier alpha value is -2.08. The van der Waals surface area contributed by atoms with E-state index >= 15 is 0 Å². The van der Waals surface area contributed by atoms with E-state index in [9.17, 15) is 0 Å². The van der Waals surface area contributed by atoms with Crippen LogP contribution in [0.1, 0.15) is 5.82 Å². The van der Waals surface area contributed by atoms with Gasteiger partial charge in [-0.2, -0.15) is 0 Å². The zero-order valence-corrected chi connectivity index (χ0v) is 12.3. The lowest BCUT2D eigenvalue weighted by atomic mass is 10.3. The first-order chi connectivity index (χ1) is 10.3. The van der Waals surface area contributed by atoms with Crippen LogP contribution in [0, 0.1) is 0 Å². The van der Waals surface area contributed by atoms with Gasteiger partial charge in [0.2, 0.25) is 0 Å². The van der Waals surface area contributed by atoms with E-state index in [4.69, 9.17) is 4.74 Å². The lowest BCUT2D eigenvalue weighted by molar-refractivity contribution is 0.316. The monoisotopic (exact) mass is 287 g/mol. The summed E-state index contributed by atoms with van der Waals surface area (Å²) in [6, 6.07) is 2.07. The molecule has 0 spiro atoms. The average molecular weight is 287 g/mol. The van der Waals surface area contributed by atoms with Crippen LogP contribution in [0.15, 0.2) is 30.9 Å². The van der Waals surface area contributed by atoms with Crippen molar-refractivity contribution in [2.75, 3.05) is 37.7 Å². The molecule has 1 fully saturated rings. The molecule has 0 aromatic carbocycles. The minimum Gasteiger partial charge on any atom is -0.491 e. The summed E-state index contributed by atoms with van der Waals surface area (Å²) in [6.07, 6.45) is 8.21. The third-order valence-electron chi connectivity index (χ3n) is 3.70. The third-order valence-corrected chi connectivity index (χ3v) is 3.70. The number of nitrogens with zero attached hydrogens (tertiary/aromatic N) is 4. The molecular formula is C15H21N5O. The van der Waals surface area contributed by atoms with Crippen LogP contribution in [0.25, 0.3) is 0 Å². The molecule has 6 nitrogen and oxygen atoms in total. The standard InChI is InChI=1S/C15H21N5O/c1-19-6-5-18-15(19)2-9-21-14-10-13(11-17-12-14)20-7-3-16-4-8-20/h5-6,10-12,16H,2-4,7-9H2,1H3. The van der Waals surface area contributed by atoms with Crippen LogP contribution in [0.4, 0.5) is 5.69 Å². The van der Waals surface area contributed by atoms with Gasteiger partial charge in [-0.05, 0) is 0 Å². The van der Waals surface area contributed by atoms with E-state index in [1.165, 1.54) is 0 Å². The summed E-state index contributed by atoms with van der Waals surface area (Å²) in [5.41, 5.74) is 1.13. The lowest BCUT2D eigenvalue weighted by Gasteiger charge is -2.29. The Morgan fingerprint density at radius 2 is 2.14 bits per heavy atom. The second kappa shape index (κ2) is 6.58. The number of piperazine rings is 1. The number of rotatable bonds is 5. The Balaban J connectivity index is 1.57. The highest BCUT2D eigenvalue weighted by atomic mass is 16.5. The highest BCUT2D eigenvalue weighted by Gasteiger charge is 2.11. The molecule has 1 N–H and O–H groups in total. The van der Waals surface area contributed by atoms with Crippen LogP contribution >= 0.6 is 0 Å². The van der Waals surface area contributed by atoms with Crippen molar-refractivity contribution in [1.29, 1.82) is 0 Å². The normalized spacial score (nSPS) is 15.2. The molecule has 0 unspecified atom stereocenters. The number of nitrogens with one attached hydrogen (secondary N) is 1. The van der Waals surface area contributed by atoms with E-state index in [0.717, 1.165) is 49.9 Å². The molecule has 6 heteroatoms. The Morgan fingerprint density at radius 3 is 2.90 bits per heavy atom. The van der Waals surface area contributed by atoms with Crippen molar-refractivity contribution in [3.8, 4) is 5.75 Å². The SMILES string of the molecule is Cn1ccnc1CCOc1cncc(N2CCNCC2)c1. The number of aromatic nitrogens is 3. The minimum absolute atomic E-state index is 0.609. The molecular weight excluding hydrogens is 266 g/mol. The minimum atomic E-state index is 0.609. The van der Waals surface area contributed by atoms with Gasteiger partial charge >= 0.3 is 0 Å². The van der Waals surface area contributed by atoms with E-state index in [0.29, 0.717) is 6.61 Å². The summed E-state index contributed by atoms with van der Waals surface area (Å²) in [7, 11) is 1.99. The Morgan fingerprint density at radius 1 is 1.29 bits per heavy atom. The van der Waals surface area contributed by atoms with Crippen molar-refractivity contribution >= 4 is 5.69 Å². The first kappa shape index (κ1) is 13.9. The second-order valence-corrected chi connectivity index (χ2v) is 5.17. The Bertz CT molecular complexity index is 577. The van der Waals surface area contributed by atoms with Crippen LogP contribution < -0.4 is 15.0 Å². The van der Waals surface area contributed by atoms with Crippen molar-refractivity contribution in [3.63, 3.8) is 0 Å². The van der Waals surface area contributed by atoms with Crippen LogP contribution in [-0.4, -0.2) is 47.3 Å². The van der Waals surface area contributed by atoms with Gasteiger partial charge in [0, 0.05) is 58.1 Å². The summed E-state index contributed by atoms with van der Waals surface area (Å²) in [6.45, 7) is 4.67. The number of pyridine rings is 1. The Labute approximate surface area is 124 Å². The molecule has 0 aliphatic carbocycles. The third kappa shape index (κ3) is 3.52. The van der Waals surface area contributed by atoms with Crippen molar-refractivity contribution in [1.82, 2.24) is 19.9 Å². The maximum atomic E-state index is 5.81. The molecule has 1 aliphatic rings. The van der Waals surface area contributed by atoms with Gasteiger partial charge in [0.1, 0.15) is 11.6 Å². The fourth-order valence-corrected chi connectivity index (χ4v) is 2.48. The number of imidazole rings is 1. The van der Waals surface area contributed by atoms with Crippen LogP contribution in [0.5, 0.6) is 5.75 Å². The maximum absolute atomic E-state index is 5.81. The highest BCUT2D eigenvalue weighted by molar-refractivity contribution is 5.48. The van der Waals surface area contributed by atoms with E-state index in [1.807, 2.05) is 30.2 Å². The fourth-order valence-electron chi connectivity index (χ4n) is 2.48. The van der Waals surface area contributed by atoms with Crippen molar-refractivity contribution in [2.24, 2.45) is 7.05 Å². The summed E-state index contributed by atoms with van der Waals surface area (Å²) in [4.78, 5) is 10.9. The van der Waals surface area contributed by atoms with Gasteiger partial charge in [0.25, 0.3) is 0 Å². The average Bonchev–Trinajstić information content (AvgIpc) is 2.94. The number of hydrogen-bond acceptors (Lipinski definition) is 5. The second-order valence-electron chi connectivity index (χ2n) is 5.17. The van der Waals surface area contributed by atoms with Gasteiger partial charge in [-0.1, -0.05) is 0 Å². The molecule has 3 rings (SSSR count). The summed E-state index contributed by atoms with van der Waals surface area (Å²) >= 11 is 0. The summed E-state index contributed by atoms with van der Waals surface area (Å²) in [5, 5.41) is 3.35. The van der Waals surface area contributed by atoms with Crippen molar-refractivity contribution < 1.29 is 4.74 Å². The summed E-state index contributed by atoms with van der Waals surface area (Å²) in [5.74, 6) is 1.85. The predicted octanol–water partition coefficient (Wildman–Crippen LogP) is 0.846. The largest absolute Gasteiger partial charge is 0.491 e. The Kier molecular flexibility index (Phi) is 4.35. The molecule has 0 amide bonds. The molecule has 0 radical (unpaired) electrons. The van der Waals surface area contributed by atoms with E-state index < -0.39 is 0 Å². The first-order valence-corrected chi connectivity index (χ1v) is 7.32. The molecule has 0 atom stereocenters. The fraction of sp³-hybridized carbons (Fsp3) is 0.467. The van der Waals surface area contributed by atoms with Crippen LogP contribution in [0.3, 0.4) is 0 Å². The van der Waals surface area contributed by atoms with Gasteiger partial charge in [0.05, 0.1) is 24.7 Å². The van der Waals surface area contributed by atoms with Crippen molar-refractivity contribution in [3.05, 3.63) is 36.7 Å². The zero-order valence-electron chi connectivity index (χ0n) is 12.3. The van der Waals surface area contributed by atoms with Gasteiger partial charge in [0.15, 0.2) is 0 Å². The molecule has 1 aliphatic heterocycles. The molecule has 1 saturated heterocycles. The van der Waals surface area contributed by atoms with Gasteiger partial charge in [-0.3, -0.25) is 4.98 Å². The van der Waals surface area contributed by atoms with Crippen LogP contribution in [0.2, 0.25) is 0 Å². The molecule has 0 saturated carbocycles. The van der Waals surface area contributed by atoms with Crippen molar-refractivity contribution in [2.45, 2.75) is 6.42 Å². The smallest absolute Gasteiger partial charge is 0.139 e. The molecule has 0 bridgehead atoms. The molecule has 3 heterocycles. The lowest BCUT2D eigenvalue weighted by Crippen LogP contribution is -2.43. The quantitative estimate of drug-likeness (QED) is 0.883. The highest BCUT2D eigenvalue weighted by Crippen LogP contribution is 2.19. The number of aryl methyl sites for hydroxylation is 1. The van der Waals surface area contributed by atoms with E-state index in [-0.39, 0.29) is 0 Å². The summed E-state index contributed by atoms with van der Waals surface area (Å²) < 4.78 is 7.82. The molecule has 2 aromatic heterocycles. The van der Waals surface area contributed by atoms with Gasteiger partial charge in [-0.15, -0.1) is 0 Å². The first-order valence-electron chi connectivity index (χ1n) is 7.32. The van der Waals surface area contributed by atoms with Gasteiger partial charge < -0.3 is 19.5 Å². The van der Waals surface area contributed by atoms with E-state index in [1.54, 1.807) is 6.20 Å².